The average Bonchev–Trinajstić information content (AvgIpc) is 3.11. The first-order valence-corrected chi connectivity index (χ1v) is 10.6. The molecule has 0 unspecified atom stereocenters. The predicted molar refractivity (Wildman–Crippen MR) is 123 cm³/mol. The zero-order valence-electron chi connectivity index (χ0n) is 17.9. The maximum absolute atomic E-state index is 12.6. The van der Waals surface area contributed by atoms with Crippen molar-refractivity contribution < 1.29 is 14.6 Å². The van der Waals surface area contributed by atoms with Crippen molar-refractivity contribution in [2.45, 2.75) is 18.4 Å². The van der Waals surface area contributed by atoms with Crippen LogP contribution in [0.3, 0.4) is 0 Å². The van der Waals surface area contributed by atoms with E-state index < -0.39 is 6.09 Å². The summed E-state index contributed by atoms with van der Waals surface area (Å²) in [6.07, 6.45) is -0.0529. The number of nitrogens with one attached hydrogen (secondary N) is 1. The number of aliphatic hydroxyl groups is 1. The molecule has 3 aromatic carbocycles. The molecule has 31 heavy (non-hydrogen) atoms. The van der Waals surface area contributed by atoms with E-state index >= 15 is 0 Å². The molecule has 0 bridgehead atoms. The van der Waals surface area contributed by atoms with Gasteiger partial charge < -0.3 is 20.1 Å². The van der Waals surface area contributed by atoms with E-state index in [1.54, 1.807) is 0 Å². The van der Waals surface area contributed by atoms with Gasteiger partial charge in [0.1, 0.15) is 6.61 Å². The number of alkyl carbamates (subject to hydrolysis) is 1. The number of rotatable bonds is 7. The number of amides is 1. The van der Waals surface area contributed by atoms with Gasteiger partial charge in [-0.25, -0.2) is 4.79 Å². The molecule has 0 saturated carbocycles. The third kappa shape index (κ3) is 4.42. The Morgan fingerprint density at radius 3 is 2.10 bits per heavy atom. The highest BCUT2D eigenvalue weighted by Gasteiger charge is 2.29. The molecule has 1 amide bonds. The van der Waals surface area contributed by atoms with Crippen molar-refractivity contribution in [3.63, 3.8) is 0 Å². The molecule has 5 nitrogen and oxygen atoms in total. The van der Waals surface area contributed by atoms with Gasteiger partial charge in [0, 0.05) is 32.3 Å². The molecule has 1 aliphatic rings. The Hall–Kier alpha value is -3.31. The Labute approximate surface area is 183 Å². The Morgan fingerprint density at radius 1 is 0.968 bits per heavy atom. The lowest BCUT2D eigenvalue weighted by atomic mass is 9.98. The van der Waals surface area contributed by atoms with E-state index in [2.05, 4.69) is 29.6 Å². The van der Waals surface area contributed by atoms with Gasteiger partial charge in [-0.05, 0) is 46.4 Å². The number of hydrogen-bond donors (Lipinski definition) is 2. The van der Waals surface area contributed by atoms with Crippen molar-refractivity contribution in [1.82, 2.24) is 5.32 Å². The number of benzene rings is 3. The van der Waals surface area contributed by atoms with E-state index in [1.165, 1.54) is 22.3 Å². The number of anilines is 1. The number of hydrogen-bond acceptors (Lipinski definition) is 4. The SMILES string of the molecule is CN(C)c1ccc([C@@H](CCO)NC(=O)OCC2c3ccccc3-c3ccccc32)cc1. The maximum atomic E-state index is 12.6. The van der Waals surface area contributed by atoms with Crippen LogP contribution in [0.15, 0.2) is 72.8 Å². The highest BCUT2D eigenvalue weighted by molar-refractivity contribution is 5.79. The van der Waals surface area contributed by atoms with Crippen LogP contribution in [0.1, 0.15) is 35.1 Å². The third-order valence-corrected chi connectivity index (χ3v) is 5.87. The second-order valence-corrected chi connectivity index (χ2v) is 8.02. The van der Waals surface area contributed by atoms with Crippen LogP contribution in [-0.2, 0) is 4.74 Å². The van der Waals surface area contributed by atoms with E-state index in [9.17, 15) is 9.90 Å². The van der Waals surface area contributed by atoms with Crippen molar-refractivity contribution in [2.75, 3.05) is 32.2 Å². The minimum Gasteiger partial charge on any atom is -0.449 e. The van der Waals surface area contributed by atoms with Gasteiger partial charge >= 0.3 is 6.09 Å². The second-order valence-electron chi connectivity index (χ2n) is 8.02. The van der Waals surface area contributed by atoms with Gasteiger partial charge in [-0.15, -0.1) is 0 Å². The Kier molecular flexibility index (Phi) is 6.23. The summed E-state index contributed by atoms with van der Waals surface area (Å²) in [5, 5.41) is 12.4. The Bertz CT molecular complexity index is 1000. The topological polar surface area (TPSA) is 61.8 Å². The zero-order chi connectivity index (χ0) is 21.8. The first kappa shape index (κ1) is 20.9. The van der Waals surface area contributed by atoms with Gasteiger partial charge in [0.05, 0.1) is 6.04 Å². The summed E-state index contributed by atoms with van der Waals surface area (Å²) in [6, 6.07) is 24.2. The van der Waals surface area contributed by atoms with Crippen LogP contribution in [0.4, 0.5) is 10.5 Å². The predicted octanol–water partition coefficient (Wildman–Crippen LogP) is 4.71. The molecule has 3 aromatic rings. The van der Waals surface area contributed by atoms with Crippen molar-refractivity contribution in [1.29, 1.82) is 0 Å². The molecule has 0 heterocycles. The minimum atomic E-state index is -0.475. The highest BCUT2D eigenvalue weighted by atomic mass is 16.5. The lowest BCUT2D eigenvalue weighted by molar-refractivity contribution is 0.136. The van der Waals surface area contributed by atoms with Crippen LogP contribution >= 0.6 is 0 Å². The first-order chi connectivity index (χ1) is 15.1. The molecule has 4 rings (SSSR count). The molecule has 5 heteroatoms. The second kappa shape index (κ2) is 9.23. The maximum Gasteiger partial charge on any atom is 0.407 e. The van der Waals surface area contributed by atoms with Crippen LogP contribution in [0.2, 0.25) is 0 Å². The highest BCUT2D eigenvalue weighted by Crippen LogP contribution is 2.44. The molecule has 0 aromatic heterocycles. The fourth-order valence-corrected chi connectivity index (χ4v) is 4.24. The molecule has 0 fully saturated rings. The molecule has 1 aliphatic carbocycles. The number of fused-ring (bicyclic) bond motifs is 3. The number of ether oxygens (including phenoxy) is 1. The monoisotopic (exact) mass is 416 g/mol. The van der Waals surface area contributed by atoms with E-state index in [0.29, 0.717) is 6.42 Å². The number of aliphatic hydroxyl groups excluding tert-OH is 1. The molecule has 0 radical (unpaired) electrons. The van der Waals surface area contributed by atoms with E-state index in [0.717, 1.165) is 11.3 Å². The fraction of sp³-hybridized carbons (Fsp3) is 0.269. The first-order valence-electron chi connectivity index (χ1n) is 10.6. The minimum absolute atomic E-state index is 0.0221. The summed E-state index contributed by atoms with van der Waals surface area (Å²) in [5.74, 6) is 0.0221. The average molecular weight is 417 g/mol. The summed E-state index contributed by atoms with van der Waals surface area (Å²) in [5.41, 5.74) is 6.78. The standard InChI is InChI=1S/C26H28N2O3/c1-28(2)19-13-11-18(12-14-19)25(15-16-29)27-26(30)31-17-24-22-9-5-3-7-20(22)21-8-4-6-10-23(21)24/h3-14,24-25,29H,15-17H2,1-2H3,(H,27,30)/t25-/m1/s1. The van der Waals surface area contributed by atoms with Crippen LogP contribution in [0.5, 0.6) is 0 Å². The molecule has 0 spiro atoms. The van der Waals surface area contributed by atoms with Crippen molar-refractivity contribution >= 4 is 11.8 Å². The van der Waals surface area contributed by atoms with Crippen LogP contribution < -0.4 is 10.2 Å². The number of carbonyl (C=O) groups is 1. The summed E-state index contributed by atoms with van der Waals surface area (Å²) >= 11 is 0. The third-order valence-electron chi connectivity index (χ3n) is 5.87. The summed E-state index contributed by atoms with van der Waals surface area (Å²) in [4.78, 5) is 14.7. The van der Waals surface area contributed by atoms with E-state index in [1.807, 2.05) is 67.5 Å². The summed E-state index contributed by atoms with van der Waals surface area (Å²) < 4.78 is 5.66. The normalized spacial score (nSPS) is 13.3. The lowest BCUT2D eigenvalue weighted by Gasteiger charge is -2.21. The molecule has 160 valence electrons. The quantitative estimate of drug-likeness (QED) is 0.585. The van der Waals surface area contributed by atoms with E-state index in [-0.39, 0.29) is 25.2 Å². The van der Waals surface area contributed by atoms with Gasteiger partial charge in [0.2, 0.25) is 0 Å². The number of nitrogens with zero attached hydrogens (tertiary/aromatic N) is 1. The zero-order valence-corrected chi connectivity index (χ0v) is 17.9. The lowest BCUT2D eigenvalue weighted by Crippen LogP contribution is -2.31. The number of carbonyl (C=O) groups excluding carboxylic acids is 1. The smallest absolute Gasteiger partial charge is 0.407 e. The Morgan fingerprint density at radius 2 is 1.55 bits per heavy atom. The summed E-state index contributed by atoms with van der Waals surface area (Å²) in [7, 11) is 3.96. The largest absolute Gasteiger partial charge is 0.449 e. The molecule has 2 N–H and O–H groups in total. The van der Waals surface area contributed by atoms with Gasteiger partial charge in [-0.2, -0.15) is 0 Å². The van der Waals surface area contributed by atoms with Gasteiger partial charge in [0.25, 0.3) is 0 Å². The Balaban J connectivity index is 1.44. The van der Waals surface area contributed by atoms with Crippen molar-refractivity contribution in [3.05, 3.63) is 89.5 Å². The molecular formula is C26H28N2O3. The molecule has 0 saturated heterocycles. The fourth-order valence-electron chi connectivity index (χ4n) is 4.24. The van der Waals surface area contributed by atoms with Crippen LogP contribution in [0, 0.1) is 0 Å². The van der Waals surface area contributed by atoms with Crippen LogP contribution in [-0.4, -0.2) is 38.5 Å². The molecule has 1 atom stereocenters. The van der Waals surface area contributed by atoms with Gasteiger partial charge in [-0.1, -0.05) is 60.7 Å². The van der Waals surface area contributed by atoms with Crippen molar-refractivity contribution in [2.24, 2.45) is 0 Å². The summed E-state index contributed by atoms with van der Waals surface area (Å²) in [6.45, 7) is 0.245. The van der Waals surface area contributed by atoms with Crippen molar-refractivity contribution in [3.8, 4) is 11.1 Å². The van der Waals surface area contributed by atoms with Gasteiger partial charge in [-0.3, -0.25) is 0 Å². The van der Waals surface area contributed by atoms with Crippen LogP contribution in [0.25, 0.3) is 11.1 Å². The molecular weight excluding hydrogens is 388 g/mol. The molecule has 0 aliphatic heterocycles. The van der Waals surface area contributed by atoms with Gasteiger partial charge in [0.15, 0.2) is 0 Å². The van der Waals surface area contributed by atoms with E-state index in [4.69, 9.17) is 4.74 Å².